The number of carbonyl (C=O) groups excluding carboxylic acids is 1. The molecule has 150 valence electrons. The van der Waals surface area contributed by atoms with E-state index in [1.165, 1.54) is 17.1 Å². The van der Waals surface area contributed by atoms with Crippen LogP contribution in [0.4, 0.5) is 0 Å². The second-order valence-electron chi connectivity index (χ2n) is 7.70. The van der Waals surface area contributed by atoms with Crippen molar-refractivity contribution in [3.05, 3.63) is 40.9 Å². The number of likely N-dealkylation sites (tertiary alicyclic amines) is 1. The number of benzene rings is 1. The van der Waals surface area contributed by atoms with E-state index in [2.05, 4.69) is 38.6 Å². The fraction of sp³-hybridized carbons (Fsp3) is 0.550. The van der Waals surface area contributed by atoms with Crippen molar-refractivity contribution in [2.45, 2.75) is 11.8 Å². The summed E-state index contributed by atoms with van der Waals surface area (Å²) in [5.74, 6) is 1.43. The molecule has 2 saturated heterocycles. The van der Waals surface area contributed by atoms with Crippen LogP contribution in [-0.2, 0) is 4.79 Å². The van der Waals surface area contributed by atoms with Crippen LogP contribution < -0.4 is 4.74 Å². The number of methoxy groups -OCH3 is 1. The van der Waals surface area contributed by atoms with Gasteiger partial charge in [-0.05, 0) is 36.3 Å². The van der Waals surface area contributed by atoms with Crippen LogP contribution in [0.2, 0.25) is 0 Å². The summed E-state index contributed by atoms with van der Waals surface area (Å²) in [6.07, 6.45) is 0. The Kier molecular flexibility index (Phi) is 5.89. The minimum Gasteiger partial charge on any atom is -0.497 e. The number of amides is 1. The van der Waals surface area contributed by atoms with E-state index in [0.29, 0.717) is 19.6 Å². The molecule has 1 amide bonds. The first-order valence-electron chi connectivity index (χ1n) is 9.73. The number of aromatic nitrogens is 2. The summed E-state index contributed by atoms with van der Waals surface area (Å²) in [7, 11) is 3.81. The standard InChI is InChI=1S/C20H27N5O2S/c1-23-6-8-24(9-7-23)13-20(26)25-11-17(15-4-3-5-16(10-15)27-2)18(12-25)19-14-28-22-21-19/h3-5,10,14,17-18H,6-9,11-13H2,1-2H3/t17-,18+/m0/s1. The van der Waals surface area contributed by atoms with Crippen LogP contribution in [0.25, 0.3) is 0 Å². The zero-order valence-electron chi connectivity index (χ0n) is 16.5. The van der Waals surface area contributed by atoms with Crippen molar-refractivity contribution in [1.29, 1.82) is 0 Å². The molecule has 2 atom stereocenters. The van der Waals surface area contributed by atoms with E-state index in [1.807, 2.05) is 22.4 Å². The maximum Gasteiger partial charge on any atom is 0.236 e. The fourth-order valence-corrected chi connectivity index (χ4v) is 4.67. The molecule has 4 rings (SSSR count). The normalized spacial score (nSPS) is 23.9. The molecule has 28 heavy (non-hydrogen) atoms. The average Bonchev–Trinajstić information content (AvgIpc) is 3.39. The molecule has 2 aromatic rings. The van der Waals surface area contributed by atoms with Crippen molar-refractivity contribution in [2.75, 3.05) is 60.0 Å². The number of likely N-dealkylation sites (N-methyl/N-ethyl adjacent to an activating group) is 1. The smallest absolute Gasteiger partial charge is 0.236 e. The number of hydrogen-bond acceptors (Lipinski definition) is 7. The highest BCUT2D eigenvalue weighted by molar-refractivity contribution is 7.03. The van der Waals surface area contributed by atoms with Gasteiger partial charge in [0.1, 0.15) is 5.75 Å². The van der Waals surface area contributed by atoms with Crippen LogP contribution in [0.5, 0.6) is 5.75 Å². The van der Waals surface area contributed by atoms with Crippen LogP contribution in [0.1, 0.15) is 23.1 Å². The minimum atomic E-state index is 0.169. The van der Waals surface area contributed by atoms with Gasteiger partial charge in [0, 0.05) is 56.5 Å². The molecule has 3 heterocycles. The SMILES string of the molecule is COc1cccc([C@@H]2CN(C(=O)CN3CCN(C)CC3)C[C@H]2c2csnn2)c1. The summed E-state index contributed by atoms with van der Waals surface area (Å²) in [5.41, 5.74) is 2.17. The summed E-state index contributed by atoms with van der Waals surface area (Å²) in [4.78, 5) is 19.6. The highest BCUT2D eigenvalue weighted by Crippen LogP contribution is 2.40. The van der Waals surface area contributed by atoms with Gasteiger partial charge in [-0.2, -0.15) is 0 Å². The summed E-state index contributed by atoms with van der Waals surface area (Å²) >= 11 is 1.37. The fourth-order valence-electron chi connectivity index (χ4n) is 4.15. The van der Waals surface area contributed by atoms with Gasteiger partial charge in [-0.25, -0.2) is 0 Å². The van der Waals surface area contributed by atoms with E-state index in [4.69, 9.17) is 4.74 Å². The first-order valence-corrected chi connectivity index (χ1v) is 10.6. The van der Waals surface area contributed by atoms with Gasteiger partial charge in [-0.15, -0.1) is 5.10 Å². The van der Waals surface area contributed by atoms with Crippen molar-refractivity contribution < 1.29 is 9.53 Å². The molecule has 2 fully saturated rings. The van der Waals surface area contributed by atoms with Crippen molar-refractivity contribution >= 4 is 17.4 Å². The third kappa shape index (κ3) is 4.19. The topological polar surface area (TPSA) is 61.8 Å². The number of piperazine rings is 1. The average molecular weight is 402 g/mol. The maximum absolute atomic E-state index is 13.0. The van der Waals surface area contributed by atoms with E-state index in [1.54, 1.807) is 7.11 Å². The molecule has 0 saturated carbocycles. The third-order valence-corrected chi connectivity index (χ3v) is 6.43. The van der Waals surface area contributed by atoms with Gasteiger partial charge in [-0.1, -0.05) is 16.6 Å². The van der Waals surface area contributed by atoms with Gasteiger partial charge in [0.25, 0.3) is 0 Å². The van der Waals surface area contributed by atoms with Crippen LogP contribution in [0, 0.1) is 0 Å². The van der Waals surface area contributed by atoms with Gasteiger partial charge < -0.3 is 14.5 Å². The zero-order chi connectivity index (χ0) is 19.5. The lowest BCUT2D eigenvalue weighted by atomic mass is 9.87. The lowest BCUT2D eigenvalue weighted by Gasteiger charge is -2.32. The van der Waals surface area contributed by atoms with Gasteiger partial charge in [0.2, 0.25) is 5.91 Å². The number of hydrogen-bond donors (Lipinski definition) is 0. The van der Waals surface area contributed by atoms with Crippen LogP contribution in [-0.4, -0.2) is 90.2 Å². The Morgan fingerprint density at radius 3 is 2.71 bits per heavy atom. The van der Waals surface area contributed by atoms with Crippen molar-refractivity contribution in [3.8, 4) is 5.75 Å². The molecule has 8 heteroatoms. The molecule has 0 bridgehead atoms. The molecule has 0 radical (unpaired) electrons. The third-order valence-electron chi connectivity index (χ3n) is 5.91. The summed E-state index contributed by atoms with van der Waals surface area (Å²) in [6, 6.07) is 8.16. The molecule has 0 aliphatic carbocycles. The second kappa shape index (κ2) is 8.55. The predicted molar refractivity (Wildman–Crippen MR) is 109 cm³/mol. The lowest BCUT2D eigenvalue weighted by molar-refractivity contribution is -0.131. The monoisotopic (exact) mass is 401 g/mol. The Balaban J connectivity index is 1.50. The molecule has 0 unspecified atom stereocenters. The Morgan fingerprint density at radius 2 is 2.00 bits per heavy atom. The van der Waals surface area contributed by atoms with Crippen LogP contribution >= 0.6 is 11.5 Å². The number of rotatable bonds is 5. The van der Waals surface area contributed by atoms with Crippen molar-refractivity contribution in [2.24, 2.45) is 0 Å². The second-order valence-corrected chi connectivity index (χ2v) is 8.31. The first kappa shape index (κ1) is 19.3. The molecule has 0 spiro atoms. The summed E-state index contributed by atoms with van der Waals surface area (Å²) in [5, 5.41) is 6.32. The molecule has 2 aliphatic rings. The van der Waals surface area contributed by atoms with E-state index >= 15 is 0 Å². The Morgan fingerprint density at radius 1 is 1.21 bits per heavy atom. The molecular weight excluding hydrogens is 374 g/mol. The molecule has 0 N–H and O–H groups in total. The van der Waals surface area contributed by atoms with Crippen LogP contribution in [0.15, 0.2) is 29.6 Å². The Hall–Kier alpha value is -2.03. The van der Waals surface area contributed by atoms with Gasteiger partial charge in [-0.3, -0.25) is 9.69 Å². The minimum absolute atomic E-state index is 0.169. The molecule has 2 aliphatic heterocycles. The quantitative estimate of drug-likeness (QED) is 0.757. The molecule has 7 nitrogen and oxygen atoms in total. The van der Waals surface area contributed by atoms with Crippen molar-refractivity contribution in [3.63, 3.8) is 0 Å². The van der Waals surface area contributed by atoms with E-state index in [0.717, 1.165) is 37.6 Å². The largest absolute Gasteiger partial charge is 0.497 e. The lowest BCUT2D eigenvalue weighted by Crippen LogP contribution is -2.48. The van der Waals surface area contributed by atoms with E-state index < -0.39 is 0 Å². The molecule has 1 aromatic carbocycles. The predicted octanol–water partition coefficient (Wildman–Crippen LogP) is 1.50. The van der Waals surface area contributed by atoms with E-state index in [9.17, 15) is 4.79 Å². The highest BCUT2D eigenvalue weighted by atomic mass is 32.1. The van der Waals surface area contributed by atoms with Gasteiger partial charge >= 0.3 is 0 Å². The molecular formula is C20H27N5O2S. The molecule has 1 aromatic heterocycles. The summed E-state index contributed by atoms with van der Waals surface area (Å²) < 4.78 is 9.46. The van der Waals surface area contributed by atoms with Crippen LogP contribution in [0.3, 0.4) is 0 Å². The highest BCUT2D eigenvalue weighted by Gasteiger charge is 2.38. The van der Waals surface area contributed by atoms with Gasteiger partial charge in [0.05, 0.1) is 19.3 Å². The van der Waals surface area contributed by atoms with E-state index in [-0.39, 0.29) is 17.7 Å². The zero-order valence-corrected chi connectivity index (χ0v) is 17.3. The Bertz CT molecular complexity index is 792. The summed E-state index contributed by atoms with van der Waals surface area (Å²) in [6.45, 7) is 5.85. The first-order chi connectivity index (χ1) is 13.6. The Labute approximate surface area is 170 Å². The number of nitrogens with zero attached hydrogens (tertiary/aromatic N) is 5. The number of ether oxygens (including phenoxy) is 1. The van der Waals surface area contributed by atoms with Gasteiger partial charge in [0.15, 0.2) is 0 Å². The number of carbonyl (C=O) groups is 1. The maximum atomic E-state index is 13.0. The van der Waals surface area contributed by atoms with Crippen molar-refractivity contribution in [1.82, 2.24) is 24.3 Å².